The molecule has 13 heteroatoms. The molecule has 0 radical (unpaired) electrons. The summed E-state index contributed by atoms with van der Waals surface area (Å²) in [6.07, 6.45) is 0. The maximum atomic E-state index is 13.0. The van der Waals surface area contributed by atoms with Gasteiger partial charge < -0.3 is 9.47 Å². The summed E-state index contributed by atoms with van der Waals surface area (Å²) in [7, 11) is -11.1. The van der Waals surface area contributed by atoms with E-state index in [1.165, 1.54) is 67.8 Å². The first-order chi connectivity index (χ1) is 19.1. The van der Waals surface area contributed by atoms with Crippen LogP contribution in [0, 0.1) is 6.92 Å². The molecule has 0 aromatic heterocycles. The van der Waals surface area contributed by atoms with Crippen LogP contribution in [-0.2, 0) is 41.6 Å². The molecule has 216 valence electrons. The average molecular weight is 619 g/mol. The molecule has 0 unspecified atom stereocenters. The van der Waals surface area contributed by atoms with Crippen molar-refractivity contribution in [2.45, 2.75) is 28.2 Å². The molecule has 0 aliphatic rings. The minimum Gasteiger partial charge on any atom is -0.497 e. The minimum atomic E-state index is -4.47. The lowest BCUT2D eigenvalue weighted by molar-refractivity contribution is 0.414. The summed E-state index contributed by atoms with van der Waals surface area (Å²) in [4.78, 5) is 0.0949. The van der Waals surface area contributed by atoms with Gasteiger partial charge in [-0.05, 0) is 95.9 Å². The molecule has 41 heavy (non-hydrogen) atoms. The highest BCUT2D eigenvalue weighted by molar-refractivity contribution is 7.91. The van der Waals surface area contributed by atoms with Crippen LogP contribution in [0.25, 0.3) is 11.1 Å². The molecule has 0 saturated carbocycles. The van der Waals surface area contributed by atoms with Crippen LogP contribution in [0.2, 0.25) is 0 Å². The van der Waals surface area contributed by atoms with Crippen LogP contribution in [0.5, 0.6) is 17.2 Å². The normalized spacial score (nSPS) is 12.2. The molecule has 0 heterocycles. The molecule has 4 rings (SSSR count). The third-order valence-corrected chi connectivity index (χ3v) is 9.29. The zero-order valence-corrected chi connectivity index (χ0v) is 24.3. The van der Waals surface area contributed by atoms with Gasteiger partial charge in [-0.3, -0.25) is 9.11 Å². The molecular formula is C28H26O10S3. The maximum Gasteiger partial charge on any atom is 0.269 e. The molecule has 0 aliphatic heterocycles. The molecule has 0 saturated heterocycles. The second kappa shape index (κ2) is 11.6. The summed E-state index contributed by atoms with van der Waals surface area (Å²) in [5.74, 6) is -0.531. The van der Waals surface area contributed by atoms with Gasteiger partial charge in [0.2, 0.25) is 9.84 Å². The van der Waals surface area contributed by atoms with Gasteiger partial charge in [-0.1, -0.05) is 18.2 Å². The molecule has 4 aromatic rings. The van der Waals surface area contributed by atoms with Crippen molar-refractivity contribution in [2.75, 3.05) is 7.11 Å². The number of hydrogen-bond donors (Lipinski definition) is 2. The van der Waals surface area contributed by atoms with Gasteiger partial charge >= 0.3 is 0 Å². The number of sulfone groups is 1. The second-order valence-corrected chi connectivity index (χ2v) is 14.0. The lowest BCUT2D eigenvalue weighted by atomic mass is 9.99. The fraction of sp³-hybridized carbons (Fsp3) is 0.143. The Kier molecular flexibility index (Phi) is 8.57. The minimum absolute atomic E-state index is 0.0172. The van der Waals surface area contributed by atoms with E-state index in [1.807, 2.05) is 0 Å². The quantitative estimate of drug-likeness (QED) is 0.230. The van der Waals surface area contributed by atoms with E-state index in [9.17, 15) is 34.4 Å². The Morgan fingerprint density at radius 1 is 0.610 bits per heavy atom. The Hall–Kier alpha value is -3.75. The Labute approximate surface area is 238 Å². The summed E-state index contributed by atoms with van der Waals surface area (Å²) < 4.78 is 102. The maximum absolute atomic E-state index is 13.0. The van der Waals surface area contributed by atoms with Crippen molar-refractivity contribution < 1.29 is 43.8 Å². The Balaban J connectivity index is 1.65. The van der Waals surface area contributed by atoms with Crippen LogP contribution in [0.3, 0.4) is 0 Å². The Morgan fingerprint density at radius 2 is 1.07 bits per heavy atom. The molecule has 0 aliphatic carbocycles. The van der Waals surface area contributed by atoms with Crippen molar-refractivity contribution >= 4 is 30.1 Å². The van der Waals surface area contributed by atoms with E-state index in [0.717, 1.165) is 0 Å². The van der Waals surface area contributed by atoms with Gasteiger partial charge in [0.25, 0.3) is 20.2 Å². The predicted octanol–water partition coefficient (Wildman–Crippen LogP) is 5.07. The molecule has 0 fully saturated rings. The molecule has 0 spiro atoms. The third-order valence-electron chi connectivity index (χ3n) is 6.15. The van der Waals surface area contributed by atoms with Gasteiger partial charge in [-0.2, -0.15) is 16.8 Å². The van der Waals surface area contributed by atoms with Crippen molar-refractivity contribution in [3.8, 4) is 28.4 Å². The van der Waals surface area contributed by atoms with E-state index < -0.39 is 41.6 Å². The number of ether oxygens (including phenoxy) is 2. The van der Waals surface area contributed by atoms with Crippen LogP contribution < -0.4 is 9.47 Å². The number of methoxy groups -OCH3 is 1. The lowest BCUT2D eigenvalue weighted by Crippen LogP contribution is -2.05. The molecule has 2 N–H and O–H groups in total. The van der Waals surface area contributed by atoms with Gasteiger partial charge in [0, 0.05) is 5.56 Å². The standard InChI is InChI=1S/C28H26O10S3/c1-19-3-4-20(15-22(19)17-39(29,30)31)21-5-14-28(23(16-21)18-40(32,33)34)38-25-8-12-27(13-9-25)41(35,36)26-10-6-24(37-2)7-11-26/h3-16H,17-18H2,1-2H3,(H,29,30,31)(H,32,33,34). The monoisotopic (exact) mass is 618 g/mol. The van der Waals surface area contributed by atoms with Crippen molar-refractivity contribution in [3.05, 3.63) is 102 Å². The average Bonchev–Trinajstić information content (AvgIpc) is 2.90. The summed E-state index contributed by atoms with van der Waals surface area (Å²) in [5.41, 5.74) is 2.17. The number of aryl methyl sites for hydroxylation is 1. The fourth-order valence-corrected chi connectivity index (χ4v) is 6.66. The van der Waals surface area contributed by atoms with Crippen LogP contribution in [0.1, 0.15) is 16.7 Å². The largest absolute Gasteiger partial charge is 0.497 e. The van der Waals surface area contributed by atoms with Crippen molar-refractivity contribution in [1.29, 1.82) is 0 Å². The zero-order valence-electron chi connectivity index (χ0n) is 21.9. The summed E-state index contributed by atoms with van der Waals surface area (Å²) in [6.45, 7) is 1.69. The van der Waals surface area contributed by atoms with E-state index in [4.69, 9.17) is 9.47 Å². The first-order valence-electron chi connectivity index (χ1n) is 11.9. The zero-order chi connectivity index (χ0) is 30.0. The van der Waals surface area contributed by atoms with E-state index in [1.54, 1.807) is 31.2 Å². The van der Waals surface area contributed by atoms with Crippen LogP contribution in [-0.4, -0.2) is 41.5 Å². The number of hydrogen-bond acceptors (Lipinski definition) is 8. The van der Waals surface area contributed by atoms with Crippen molar-refractivity contribution in [2.24, 2.45) is 0 Å². The molecule has 0 bridgehead atoms. The van der Waals surface area contributed by atoms with Gasteiger partial charge in [0.05, 0.1) is 16.9 Å². The Bertz CT molecular complexity index is 1900. The first kappa shape index (κ1) is 30.2. The van der Waals surface area contributed by atoms with Gasteiger partial charge in [0.1, 0.15) is 28.8 Å². The summed E-state index contributed by atoms with van der Waals surface area (Å²) in [5, 5.41) is 0. The van der Waals surface area contributed by atoms with Gasteiger partial charge in [-0.25, -0.2) is 8.42 Å². The molecule has 0 atom stereocenters. The van der Waals surface area contributed by atoms with Gasteiger partial charge in [0.15, 0.2) is 0 Å². The highest BCUT2D eigenvalue weighted by Crippen LogP contribution is 2.33. The third kappa shape index (κ3) is 7.71. The number of benzene rings is 4. The van der Waals surface area contributed by atoms with E-state index in [-0.39, 0.29) is 26.9 Å². The van der Waals surface area contributed by atoms with Crippen molar-refractivity contribution in [3.63, 3.8) is 0 Å². The summed E-state index contributed by atoms with van der Waals surface area (Å²) >= 11 is 0. The van der Waals surface area contributed by atoms with E-state index in [0.29, 0.717) is 28.0 Å². The van der Waals surface area contributed by atoms with Crippen molar-refractivity contribution in [1.82, 2.24) is 0 Å². The predicted molar refractivity (Wildman–Crippen MR) is 152 cm³/mol. The molecular weight excluding hydrogens is 592 g/mol. The molecule has 10 nitrogen and oxygen atoms in total. The van der Waals surface area contributed by atoms with E-state index >= 15 is 0 Å². The van der Waals surface area contributed by atoms with Crippen LogP contribution >= 0.6 is 0 Å². The van der Waals surface area contributed by atoms with Crippen LogP contribution in [0.4, 0.5) is 0 Å². The fourth-order valence-electron chi connectivity index (χ4n) is 4.08. The summed E-state index contributed by atoms with van der Waals surface area (Å²) in [6, 6.07) is 21.0. The topological polar surface area (TPSA) is 161 Å². The van der Waals surface area contributed by atoms with E-state index in [2.05, 4.69) is 0 Å². The van der Waals surface area contributed by atoms with Crippen LogP contribution in [0.15, 0.2) is 94.7 Å². The lowest BCUT2D eigenvalue weighted by Gasteiger charge is -2.14. The Morgan fingerprint density at radius 3 is 1.59 bits per heavy atom. The first-order valence-corrected chi connectivity index (χ1v) is 16.6. The molecule has 4 aromatic carbocycles. The highest BCUT2D eigenvalue weighted by Gasteiger charge is 2.19. The second-order valence-electron chi connectivity index (χ2n) is 9.17. The number of rotatable bonds is 10. The SMILES string of the molecule is COc1ccc(S(=O)(=O)c2ccc(Oc3ccc(-c4ccc(C)c(CS(=O)(=O)O)c4)cc3CS(=O)(=O)O)cc2)cc1. The highest BCUT2D eigenvalue weighted by atomic mass is 32.2. The van der Waals surface area contributed by atoms with Gasteiger partial charge in [-0.15, -0.1) is 0 Å². The molecule has 0 amide bonds. The smallest absolute Gasteiger partial charge is 0.269 e.